The van der Waals surface area contributed by atoms with Crippen LogP contribution in [0.1, 0.15) is 12.1 Å². The van der Waals surface area contributed by atoms with Gasteiger partial charge in [0.15, 0.2) is 22.9 Å². The summed E-state index contributed by atoms with van der Waals surface area (Å²) in [6.07, 6.45) is 4.85. The molecule has 0 N–H and O–H groups in total. The van der Waals surface area contributed by atoms with Crippen molar-refractivity contribution in [3.63, 3.8) is 0 Å². The molecule has 0 amide bonds. The molecule has 0 spiro atoms. The molecule has 0 aromatic carbocycles. The Balaban J connectivity index is 0.000000433. The van der Waals surface area contributed by atoms with Gasteiger partial charge in [0.1, 0.15) is 0 Å². The van der Waals surface area contributed by atoms with Gasteiger partial charge in [-0.05, 0) is 10.5 Å². The number of halogens is 4. The van der Waals surface area contributed by atoms with E-state index in [1.54, 1.807) is 0 Å². The van der Waals surface area contributed by atoms with E-state index >= 15 is 0 Å². The molecule has 1 heterocycles. The molecular weight excluding hydrogens is 375 g/mol. The molecule has 0 saturated carbocycles. The maximum atomic E-state index is 10.7. The molecule has 0 fully saturated rings. The van der Waals surface area contributed by atoms with E-state index < -0.39 is 15.6 Å². The fourth-order valence-electron chi connectivity index (χ4n) is 1.12. The summed E-state index contributed by atoms with van der Waals surface area (Å²) in [5, 5.41) is 0. The molecule has 0 aliphatic carbocycles. The lowest BCUT2D eigenvalue weighted by Gasteiger charge is -2.08. The summed E-state index contributed by atoms with van der Waals surface area (Å²) in [6, 6.07) is 6.07. The number of alkyl halides is 3. The summed E-state index contributed by atoms with van der Waals surface area (Å²) in [4.78, 5) is 0. The van der Waals surface area contributed by atoms with Crippen LogP contribution in [0.25, 0.3) is 6.08 Å². The largest absolute Gasteiger partial charge is 0.741 e. The molecule has 0 saturated heterocycles. The summed E-state index contributed by atoms with van der Waals surface area (Å²) in [5.41, 5.74) is -4.51. The average molecular weight is 388 g/mol. The highest BCUT2D eigenvalue weighted by Gasteiger charge is 2.36. The van der Waals surface area contributed by atoms with E-state index in [4.69, 9.17) is 13.0 Å². The summed E-state index contributed by atoms with van der Waals surface area (Å²) in [5.74, 6) is 0. The Kier molecular flexibility index (Phi) is 7.83. The van der Waals surface area contributed by atoms with E-state index in [1.807, 2.05) is 30.5 Å². The van der Waals surface area contributed by atoms with Gasteiger partial charge in [0.2, 0.25) is 5.69 Å². The van der Waals surface area contributed by atoms with Gasteiger partial charge in [-0.1, -0.05) is 29.1 Å². The first-order chi connectivity index (χ1) is 9.49. The Morgan fingerprint density at radius 3 is 2.33 bits per heavy atom. The zero-order valence-electron chi connectivity index (χ0n) is 10.8. The van der Waals surface area contributed by atoms with Crippen LogP contribution in [0, 0.1) is 0 Å². The van der Waals surface area contributed by atoms with Gasteiger partial charge in [-0.2, -0.15) is 17.7 Å². The van der Waals surface area contributed by atoms with E-state index in [9.17, 15) is 13.2 Å². The number of hydrogen-bond acceptors (Lipinski definition) is 3. The van der Waals surface area contributed by atoms with Gasteiger partial charge in [0.05, 0.1) is 0 Å². The predicted molar refractivity (Wildman–Crippen MR) is 75.2 cm³/mol. The van der Waals surface area contributed by atoms with Crippen molar-refractivity contribution in [2.45, 2.75) is 18.5 Å². The van der Waals surface area contributed by atoms with Gasteiger partial charge < -0.3 is 4.55 Å². The molecule has 0 aliphatic rings. The highest BCUT2D eigenvalue weighted by Crippen LogP contribution is 2.20. The van der Waals surface area contributed by atoms with Crippen LogP contribution in [-0.4, -0.2) is 18.5 Å². The Labute approximate surface area is 129 Å². The van der Waals surface area contributed by atoms with Crippen LogP contribution in [0.2, 0.25) is 0 Å². The van der Waals surface area contributed by atoms with Gasteiger partial charge in [-0.15, -0.1) is 0 Å². The van der Waals surface area contributed by atoms with Crippen molar-refractivity contribution >= 4 is 32.1 Å². The van der Waals surface area contributed by atoms with Crippen LogP contribution in [0.3, 0.4) is 0 Å². The van der Waals surface area contributed by atoms with Crippen LogP contribution in [0.4, 0.5) is 13.2 Å². The number of aromatic nitrogens is 1. The van der Waals surface area contributed by atoms with Crippen LogP contribution in [-0.2, 0) is 16.7 Å². The highest BCUT2D eigenvalue weighted by atomic mass is 79.9. The molecule has 4 nitrogen and oxygen atoms in total. The van der Waals surface area contributed by atoms with E-state index in [1.165, 1.54) is 0 Å². The first-order valence-corrected chi connectivity index (χ1v) is 7.65. The quantitative estimate of drug-likeness (QED) is 0.453. The van der Waals surface area contributed by atoms with Gasteiger partial charge >= 0.3 is 5.51 Å². The van der Waals surface area contributed by atoms with Crippen molar-refractivity contribution in [1.29, 1.82) is 0 Å². The van der Waals surface area contributed by atoms with Crippen molar-refractivity contribution in [2.24, 2.45) is 0 Å². The molecule has 9 heteroatoms. The minimum absolute atomic E-state index is 0.937. The molecule has 0 atom stereocenters. The predicted octanol–water partition coefficient (Wildman–Crippen LogP) is 2.97. The minimum Gasteiger partial charge on any atom is -0.741 e. The van der Waals surface area contributed by atoms with Gasteiger partial charge in [-0.3, -0.25) is 0 Å². The Hall–Kier alpha value is -1.19. The summed E-state index contributed by atoms with van der Waals surface area (Å²) < 4.78 is 62.1. The van der Waals surface area contributed by atoms with E-state index in [0.717, 1.165) is 23.1 Å². The lowest BCUT2D eigenvalue weighted by molar-refractivity contribution is -0.697. The minimum atomic E-state index is -6.09. The van der Waals surface area contributed by atoms with E-state index in [2.05, 4.69) is 33.7 Å². The molecule has 0 aliphatic heterocycles. The van der Waals surface area contributed by atoms with Crippen LogP contribution >= 0.6 is 15.9 Å². The number of rotatable bonds is 4. The summed E-state index contributed by atoms with van der Waals surface area (Å²) in [6.45, 7) is 8.50. The van der Waals surface area contributed by atoms with Crippen LogP contribution in [0.5, 0.6) is 0 Å². The van der Waals surface area contributed by atoms with Gasteiger partial charge in [-0.25, -0.2) is 8.42 Å². The number of pyridine rings is 1. The molecule has 118 valence electrons. The second kappa shape index (κ2) is 8.30. The third-order valence-electron chi connectivity index (χ3n) is 2.09. The monoisotopic (exact) mass is 387 g/mol. The second-order valence-corrected chi connectivity index (χ2v) is 6.18. The second-order valence-electron chi connectivity index (χ2n) is 3.69. The van der Waals surface area contributed by atoms with Crippen molar-refractivity contribution in [3.8, 4) is 0 Å². The van der Waals surface area contributed by atoms with Crippen molar-refractivity contribution in [1.82, 2.24) is 0 Å². The zero-order chi connectivity index (χ0) is 16.7. The molecule has 1 rings (SSSR count). The van der Waals surface area contributed by atoms with Crippen LogP contribution in [0.15, 0.2) is 42.0 Å². The highest BCUT2D eigenvalue weighted by molar-refractivity contribution is 9.11. The summed E-state index contributed by atoms with van der Waals surface area (Å²) in [7, 11) is -6.09. The Morgan fingerprint density at radius 1 is 1.43 bits per heavy atom. The molecule has 21 heavy (non-hydrogen) atoms. The van der Waals surface area contributed by atoms with Crippen molar-refractivity contribution < 1.29 is 30.7 Å². The lowest BCUT2D eigenvalue weighted by Crippen LogP contribution is -2.36. The van der Waals surface area contributed by atoms with E-state index in [-0.39, 0.29) is 0 Å². The maximum Gasteiger partial charge on any atom is 0.485 e. The SMILES string of the molecule is C=Cc1cccc[n+]1CCC(=C)Br.O=S(=O)([O-])C(F)(F)F. The molecule has 1 aromatic heterocycles. The van der Waals surface area contributed by atoms with Gasteiger partial charge in [0.25, 0.3) is 0 Å². The number of nitrogens with zero attached hydrogens (tertiary/aromatic N) is 1. The fraction of sp³-hybridized carbons (Fsp3) is 0.250. The zero-order valence-corrected chi connectivity index (χ0v) is 13.2. The first kappa shape index (κ1) is 19.8. The molecule has 1 aromatic rings. The fourth-order valence-corrected chi connectivity index (χ4v) is 1.30. The molecule has 0 bridgehead atoms. The van der Waals surface area contributed by atoms with Gasteiger partial charge in [0, 0.05) is 24.6 Å². The lowest BCUT2D eigenvalue weighted by atomic mass is 10.3. The molecular formula is C12H13BrF3NO3S. The summed E-state index contributed by atoms with van der Waals surface area (Å²) >= 11 is 3.34. The standard InChI is InChI=1S/C11H13BrN.CHF3O3S/c1-3-11-6-4-5-8-13(11)9-7-10(2)12;2-1(3,4)8(5,6)7/h3-6,8H,1-2,7,9H2;(H,5,6,7)/q+1;/p-1. The third kappa shape index (κ3) is 7.98. The van der Waals surface area contributed by atoms with Crippen molar-refractivity contribution in [3.05, 3.63) is 47.7 Å². The number of hydrogen-bond donors (Lipinski definition) is 0. The Bertz CT molecular complexity index is 600. The third-order valence-corrected chi connectivity index (χ3v) is 3.06. The van der Waals surface area contributed by atoms with E-state index in [0.29, 0.717) is 0 Å². The molecule has 0 unspecified atom stereocenters. The van der Waals surface area contributed by atoms with Crippen molar-refractivity contribution in [2.75, 3.05) is 0 Å². The molecule has 0 radical (unpaired) electrons. The Morgan fingerprint density at radius 2 is 1.95 bits per heavy atom. The average Bonchev–Trinajstić information content (AvgIpc) is 2.35. The first-order valence-electron chi connectivity index (χ1n) is 5.45. The van der Waals surface area contributed by atoms with Crippen LogP contribution < -0.4 is 4.57 Å². The number of allylic oxidation sites excluding steroid dienone is 1. The normalized spacial score (nSPS) is 11.3. The smallest absolute Gasteiger partial charge is 0.485 e. The topological polar surface area (TPSA) is 61.1 Å². The maximum absolute atomic E-state index is 10.7. The number of aryl methyl sites for hydroxylation is 1.